The molecule has 0 saturated heterocycles. The second kappa shape index (κ2) is 5.84. The van der Waals surface area contributed by atoms with Crippen molar-refractivity contribution < 1.29 is 14.3 Å². The molecule has 6 heteroatoms. The minimum Gasteiger partial charge on any atom is -0.444 e. The largest absolute Gasteiger partial charge is 0.444 e. The predicted octanol–water partition coefficient (Wildman–Crippen LogP) is 3.62. The van der Waals surface area contributed by atoms with Crippen LogP contribution < -0.4 is 0 Å². The average Bonchev–Trinajstić information content (AvgIpc) is 2.63. The highest BCUT2D eigenvalue weighted by atomic mass is 79.9. The van der Waals surface area contributed by atoms with E-state index in [2.05, 4.69) is 15.9 Å². The van der Waals surface area contributed by atoms with E-state index in [1.54, 1.807) is 27.8 Å². The molecule has 100 valence electrons. The fourth-order valence-electron chi connectivity index (χ4n) is 1.28. The summed E-state index contributed by atoms with van der Waals surface area (Å²) in [7, 11) is 1.56. The monoisotopic (exact) mass is 333 g/mol. The zero-order valence-electron chi connectivity index (χ0n) is 10.8. The van der Waals surface area contributed by atoms with Crippen LogP contribution in [0.5, 0.6) is 0 Å². The van der Waals surface area contributed by atoms with E-state index in [0.717, 1.165) is 14.9 Å². The van der Waals surface area contributed by atoms with Gasteiger partial charge in [-0.05, 0) is 48.8 Å². The number of likely N-dealkylation sites (N-methyl/N-ethyl adjacent to an activating group) is 1. The van der Waals surface area contributed by atoms with Gasteiger partial charge in [-0.1, -0.05) is 0 Å². The number of halogens is 1. The summed E-state index contributed by atoms with van der Waals surface area (Å²) in [6.45, 7) is 5.36. The molecule has 1 atom stereocenters. The number of hydrogen-bond acceptors (Lipinski definition) is 4. The van der Waals surface area contributed by atoms with Crippen molar-refractivity contribution in [3.63, 3.8) is 0 Å². The Bertz CT molecular complexity index is 439. The lowest BCUT2D eigenvalue weighted by Crippen LogP contribution is -2.37. The Morgan fingerprint density at radius 2 is 2.11 bits per heavy atom. The molecule has 1 rings (SSSR count). The Labute approximate surface area is 119 Å². The van der Waals surface area contributed by atoms with Crippen LogP contribution in [0.2, 0.25) is 0 Å². The van der Waals surface area contributed by atoms with Crippen LogP contribution in [0.3, 0.4) is 0 Å². The topological polar surface area (TPSA) is 46.6 Å². The zero-order valence-corrected chi connectivity index (χ0v) is 13.2. The van der Waals surface area contributed by atoms with Crippen LogP contribution in [-0.2, 0) is 9.53 Å². The summed E-state index contributed by atoms with van der Waals surface area (Å²) in [5, 5.41) is 0. The van der Waals surface area contributed by atoms with E-state index >= 15 is 0 Å². The maximum atomic E-state index is 11.9. The van der Waals surface area contributed by atoms with Gasteiger partial charge in [-0.25, -0.2) is 4.79 Å². The molecule has 4 nitrogen and oxygen atoms in total. The van der Waals surface area contributed by atoms with E-state index in [4.69, 9.17) is 4.74 Å². The van der Waals surface area contributed by atoms with Crippen LogP contribution in [0, 0.1) is 0 Å². The number of carbonyl (C=O) groups excluding carboxylic acids is 2. The number of rotatable bonds is 3. The number of hydrogen-bond donors (Lipinski definition) is 0. The lowest BCUT2D eigenvalue weighted by molar-refractivity contribution is -0.112. The molecule has 1 aromatic heterocycles. The standard InChI is InChI=1S/C12H16BrNO3S/c1-12(2,3)17-11(16)14(4)8(7-15)9-5-6-10(13)18-9/h5-8H,1-4H3. The van der Waals surface area contributed by atoms with Crippen LogP contribution in [0.4, 0.5) is 4.79 Å². The second-order valence-corrected chi connectivity index (χ2v) is 7.31. The van der Waals surface area contributed by atoms with Crippen LogP contribution in [-0.4, -0.2) is 29.9 Å². The molecule has 0 aliphatic rings. The lowest BCUT2D eigenvalue weighted by atomic mass is 10.2. The summed E-state index contributed by atoms with van der Waals surface area (Å²) in [6, 6.07) is 3.05. The van der Waals surface area contributed by atoms with Crippen LogP contribution in [0.25, 0.3) is 0 Å². The Hall–Kier alpha value is -0.880. The van der Waals surface area contributed by atoms with Gasteiger partial charge < -0.3 is 9.53 Å². The zero-order chi connectivity index (χ0) is 13.9. The summed E-state index contributed by atoms with van der Waals surface area (Å²) < 4.78 is 6.15. The van der Waals surface area contributed by atoms with Crippen LogP contribution >= 0.6 is 27.3 Å². The predicted molar refractivity (Wildman–Crippen MR) is 74.8 cm³/mol. The third-order valence-electron chi connectivity index (χ3n) is 2.11. The van der Waals surface area contributed by atoms with E-state index in [0.29, 0.717) is 0 Å². The van der Waals surface area contributed by atoms with Gasteiger partial charge in [0.2, 0.25) is 0 Å². The summed E-state index contributed by atoms with van der Waals surface area (Å²) in [5.41, 5.74) is -0.575. The third-order valence-corrected chi connectivity index (χ3v) is 3.81. The van der Waals surface area contributed by atoms with Gasteiger partial charge in [0.25, 0.3) is 0 Å². The molecule has 1 unspecified atom stereocenters. The van der Waals surface area contributed by atoms with Crippen LogP contribution in [0.1, 0.15) is 31.7 Å². The normalized spacial score (nSPS) is 12.9. The molecule has 0 saturated carbocycles. The first-order valence-electron chi connectivity index (χ1n) is 5.41. The highest BCUT2D eigenvalue weighted by molar-refractivity contribution is 9.11. The van der Waals surface area contributed by atoms with Gasteiger partial charge in [0.05, 0.1) is 3.79 Å². The third kappa shape index (κ3) is 4.10. The van der Waals surface area contributed by atoms with Crippen molar-refractivity contribution in [1.29, 1.82) is 0 Å². The molecular weight excluding hydrogens is 318 g/mol. The fraction of sp³-hybridized carbons (Fsp3) is 0.500. The van der Waals surface area contributed by atoms with E-state index < -0.39 is 17.7 Å². The van der Waals surface area contributed by atoms with E-state index in [1.807, 2.05) is 12.1 Å². The van der Waals surface area contributed by atoms with Crippen molar-refractivity contribution in [2.24, 2.45) is 0 Å². The molecule has 0 fully saturated rings. The van der Waals surface area contributed by atoms with Gasteiger partial charge >= 0.3 is 6.09 Å². The summed E-state index contributed by atoms with van der Waals surface area (Å²) in [6.07, 6.45) is 0.228. The average molecular weight is 334 g/mol. The van der Waals surface area contributed by atoms with Gasteiger partial charge in [-0.2, -0.15) is 0 Å². The molecular formula is C12H16BrNO3S. The van der Waals surface area contributed by atoms with Gasteiger partial charge in [-0.15, -0.1) is 11.3 Å². The first kappa shape index (κ1) is 15.2. The summed E-state index contributed by atoms with van der Waals surface area (Å²) in [5.74, 6) is 0. The molecule has 0 radical (unpaired) electrons. The molecule has 0 aliphatic heterocycles. The van der Waals surface area contributed by atoms with E-state index in [9.17, 15) is 9.59 Å². The van der Waals surface area contributed by atoms with Gasteiger partial charge in [-0.3, -0.25) is 4.90 Å². The molecule has 18 heavy (non-hydrogen) atoms. The van der Waals surface area contributed by atoms with Gasteiger partial charge in [0.1, 0.15) is 17.9 Å². The van der Waals surface area contributed by atoms with Crippen molar-refractivity contribution in [1.82, 2.24) is 4.90 Å². The van der Waals surface area contributed by atoms with E-state index in [-0.39, 0.29) is 0 Å². The van der Waals surface area contributed by atoms with Crippen molar-refractivity contribution in [2.45, 2.75) is 32.4 Å². The minimum absolute atomic E-state index is 0.510. The van der Waals surface area contributed by atoms with Crippen molar-refractivity contribution in [3.8, 4) is 0 Å². The van der Waals surface area contributed by atoms with Crippen molar-refractivity contribution in [2.75, 3.05) is 7.05 Å². The van der Waals surface area contributed by atoms with Gasteiger partial charge in [0.15, 0.2) is 0 Å². The number of nitrogens with zero attached hydrogens (tertiary/aromatic N) is 1. The quantitative estimate of drug-likeness (QED) is 0.793. The van der Waals surface area contributed by atoms with Crippen LogP contribution in [0.15, 0.2) is 15.9 Å². The Kier molecular flexibility index (Phi) is 4.92. The number of aldehydes is 1. The molecule has 0 N–H and O–H groups in total. The Balaban J connectivity index is 2.83. The smallest absolute Gasteiger partial charge is 0.410 e. The summed E-state index contributed by atoms with van der Waals surface area (Å²) >= 11 is 4.75. The highest BCUT2D eigenvalue weighted by Gasteiger charge is 2.26. The lowest BCUT2D eigenvalue weighted by Gasteiger charge is -2.27. The molecule has 1 amide bonds. The van der Waals surface area contributed by atoms with Crippen molar-refractivity contribution in [3.05, 3.63) is 20.8 Å². The Morgan fingerprint density at radius 3 is 2.50 bits per heavy atom. The number of carbonyl (C=O) groups is 2. The molecule has 0 spiro atoms. The fourth-order valence-corrected chi connectivity index (χ4v) is 2.81. The molecule has 0 aromatic carbocycles. The first-order chi connectivity index (χ1) is 8.24. The maximum absolute atomic E-state index is 11.9. The molecule has 1 aromatic rings. The summed E-state index contributed by atoms with van der Waals surface area (Å²) in [4.78, 5) is 25.1. The van der Waals surface area contributed by atoms with Gasteiger partial charge in [0, 0.05) is 11.9 Å². The second-order valence-electron chi connectivity index (χ2n) is 4.81. The Morgan fingerprint density at radius 1 is 1.50 bits per heavy atom. The molecule has 0 aliphatic carbocycles. The minimum atomic E-state index is -0.615. The van der Waals surface area contributed by atoms with Crippen molar-refractivity contribution >= 4 is 39.6 Å². The van der Waals surface area contributed by atoms with E-state index in [1.165, 1.54) is 16.2 Å². The first-order valence-corrected chi connectivity index (χ1v) is 7.02. The number of ether oxygens (including phenoxy) is 1. The molecule has 0 bridgehead atoms. The SMILES string of the molecule is CN(C(=O)OC(C)(C)C)C(C=O)c1ccc(Br)s1. The number of amides is 1. The maximum Gasteiger partial charge on any atom is 0.410 e. The number of thiophene rings is 1. The molecule has 1 heterocycles. The highest BCUT2D eigenvalue weighted by Crippen LogP contribution is 2.29.